The van der Waals surface area contributed by atoms with E-state index >= 15 is 0 Å². The lowest BCUT2D eigenvalue weighted by molar-refractivity contribution is -0.166. The Kier molecular flexibility index (Phi) is 5.76. The van der Waals surface area contributed by atoms with Crippen LogP contribution >= 0.6 is 11.6 Å². The van der Waals surface area contributed by atoms with Gasteiger partial charge in [0.15, 0.2) is 0 Å². The van der Waals surface area contributed by atoms with Crippen LogP contribution in [0.15, 0.2) is 59.8 Å². The van der Waals surface area contributed by atoms with Gasteiger partial charge in [0, 0.05) is 12.8 Å². The lowest BCUT2D eigenvalue weighted by Crippen LogP contribution is -2.43. The van der Waals surface area contributed by atoms with E-state index in [4.69, 9.17) is 21.2 Å². The van der Waals surface area contributed by atoms with Gasteiger partial charge in [0.05, 0.1) is 30.0 Å². The van der Waals surface area contributed by atoms with E-state index in [2.05, 4.69) is 10.5 Å². The largest absolute Gasteiger partial charge is 0.466 e. The molecule has 0 aliphatic carbocycles. The highest BCUT2D eigenvalue weighted by Gasteiger charge is 2.47. The fourth-order valence-electron chi connectivity index (χ4n) is 2.95. The molecule has 1 atom stereocenters. The molecule has 0 fully saturated rings. The van der Waals surface area contributed by atoms with Gasteiger partial charge in [0.2, 0.25) is 5.60 Å². The number of carbonyl (C=O) groups is 2. The van der Waals surface area contributed by atoms with Crippen LogP contribution in [0.2, 0.25) is 5.02 Å². The number of benzene rings is 2. The number of hydrogen-bond donors (Lipinski definition) is 1. The second-order valence-corrected chi connectivity index (χ2v) is 6.64. The van der Waals surface area contributed by atoms with E-state index in [9.17, 15) is 9.59 Å². The van der Waals surface area contributed by atoms with Gasteiger partial charge in [-0.2, -0.15) is 0 Å². The van der Waals surface area contributed by atoms with Crippen molar-refractivity contribution in [2.45, 2.75) is 18.4 Å². The van der Waals surface area contributed by atoms with Crippen LogP contribution in [0.4, 0.5) is 0 Å². The van der Waals surface area contributed by atoms with Crippen molar-refractivity contribution in [1.82, 2.24) is 5.32 Å². The molecule has 3 rings (SSSR count). The van der Waals surface area contributed by atoms with E-state index in [0.29, 0.717) is 22.7 Å². The van der Waals surface area contributed by atoms with Crippen LogP contribution in [0, 0.1) is 0 Å². The van der Waals surface area contributed by atoms with E-state index in [1.807, 2.05) is 30.3 Å². The maximum Gasteiger partial charge on any atom is 0.353 e. The molecule has 2 aromatic carbocycles. The Morgan fingerprint density at radius 2 is 1.89 bits per heavy atom. The predicted molar refractivity (Wildman–Crippen MR) is 102 cm³/mol. The van der Waals surface area contributed by atoms with Gasteiger partial charge in [0.1, 0.15) is 0 Å². The van der Waals surface area contributed by atoms with Crippen molar-refractivity contribution >= 4 is 29.2 Å². The second-order valence-electron chi connectivity index (χ2n) is 6.24. The lowest BCUT2D eigenvalue weighted by atomic mass is 9.89. The topological polar surface area (TPSA) is 77.0 Å². The number of nitrogens with one attached hydrogen (secondary N) is 1. The molecule has 7 heteroatoms. The summed E-state index contributed by atoms with van der Waals surface area (Å²) in [7, 11) is 1.32. The fraction of sp³-hybridized carbons (Fsp3) is 0.250. The minimum Gasteiger partial charge on any atom is -0.466 e. The number of oxime groups is 1. The first-order valence-electron chi connectivity index (χ1n) is 8.43. The van der Waals surface area contributed by atoms with Crippen molar-refractivity contribution < 1.29 is 19.2 Å². The Bertz CT molecular complexity index is 869. The minimum atomic E-state index is -1.22. The smallest absolute Gasteiger partial charge is 0.353 e. The molecular formula is C20H19ClN2O4. The molecule has 1 unspecified atom stereocenters. The highest BCUT2D eigenvalue weighted by atomic mass is 35.5. The van der Waals surface area contributed by atoms with Crippen LogP contribution in [0.3, 0.4) is 0 Å². The van der Waals surface area contributed by atoms with Gasteiger partial charge < -0.3 is 14.9 Å². The summed E-state index contributed by atoms with van der Waals surface area (Å²) in [6.45, 7) is 0.150. The number of hydrogen-bond acceptors (Lipinski definition) is 5. The molecule has 0 aromatic heterocycles. The van der Waals surface area contributed by atoms with Crippen LogP contribution in [0.1, 0.15) is 22.3 Å². The first kappa shape index (κ1) is 18.9. The van der Waals surface area contributed by atoms with Gasteiger partial charge >= 0.3 is 5.97 Å². The monoisotopic (exact) mass is 386 g/mol. The highest BCUT2D eigenvalue weighted by Crippen LogP contribution is 2.29. The maximum absolute atomic E-state index is 12.4. The summed E-state index contributed by atoms with van der Waals surface area (Å²) in [4.78, 5) is 30.2. The number of ether oxygens (including phenoxy) is 1. The first-order chi connectivity index (χ1) is 13.0. The third kappa shape index (κ3) is 4.28. The van der Waals surface area contributed by atoms with Gasteiger partial charge in [-0.25, -0.2) is 4.79 Å². The van der Waals surface area contributed by atoms with E-state index in [-0.39, 0.29) is 18.9 Å². The Hall–Kier alpha value is -2.86. The van der Waals surface area contributed by atoms with E-state index in [1.165, 1.54) is 7.11 Å². The number of halogens is 1. The van der Waals surface area contributed by atoms with Gasteiger partial charge in [-0.05, 0) is 17.7 Å². The molecule has 140 valence electrons. The maximum atomic E-state index is 12.4. The normalized spacial score (nSPS) is 18.4. The molecule has 27 heavy (non-hydrogen) atoms. The van der Waals surface area contributed by atoms with Crippen molar-refractivity contribution in [3.05, 3.63) is 70.7 Å². The molecule has 1 aliphatic heterocycles. The van der Waals surface area contributed by atoms with Crippen molar-refractivity contribution in [3.63, 3.8) is 0 Å². The quantitative estimate of drug-likeness (QED) is 0.774. The summed E-state index contributed by atoms with van der Waals surface area (Å²) < 4.78 is 4.93. The fourth-order valence-corrected chi connectivity index (χ4v) is 3.17. The minimum absolute atomic E-state index is 0.150. The SMILES string of the molecule is COC(=O)C1(Cc2ccccc2)CC(CNC(=O)c2ccccc2Cl)=NO1. The average molecular weight is 387 g/mol. The van der Waals surface area contributed by atoms with Gasteiger partial charge in [-0.3, -0.25) is 4.79 Å². The molecule has 1 heterocycles. The van der Waals surface area contributed by atoms with Crippen molar-refractivity contribution in [2.24, 2.45) is 5.16 Å². The Morgan fingerprint density at radius 3 is 2.59 bits per heavy atom. The summed E-state index contributed by atoms with van der Waals surface area (Å²) in [6.07, 6.45) is 0.559. The number of methoxy groups -OCH3 is 1. The molecule has 0 spiro atoms. The molecule has 1 N–H and O–H groups in total. The first-order valence-corrected chi connectivity index (χ1v) is 8.81. The van der Waals surface area contributed by atoms with Crippen molar-refractivity contribution in [1.29, 1.82) is 0 Å². The zero-order valence-corrected chi connectivity index (χ0v) is 15.5. The summed E-state index contributed by atoms with van der Waals surface area (Å²) in [5, 5.41) is 7.13. The molecule has 2 aromatic rings. The molecule has 1 amide bonds. The highest BCUT2D eigenvalue weighted by molar-refractivity contribution is 6.33. The van der Waals surface area contributed by atoms with Gasteiger partial charge in [-0.15, -0.1) is 0 Å². The van der Waals surface area contributed by atoms with Crippen LogP contribution in [0.25, 0.3) is 0 Å². The summed E-state index contributed by atoms with van der Waals surface area (Å²) in [6, 6.07) is 16.3. The molecule has 0 saturated carbocycles. The summed E-state index contributed by atoms with van der Waals surface area (Å²) >= 11 is 6.03. The molecule has 0 radical (unpaired) electrons. The molecule has 1 aliphatic rings. The molecule has 0 bridgehead atoms. The molecular weight excluding hydrogens is 368 g/mol. The van der Waals surface area contributed by atoms with Crippen LogP contribution in [-0.2, 0) is 20.8 Å². The number of esters is 1. The summed E-state index contributed by atoms with van der Waals surface area (Å²) in [5.74, 6) is -0.815. The van der Waals surface area contributed by atoms with E-state index < -0.39 is 11.6 Å². The van der Waals surface area contributed by atoms with E-state index in [1.54, 1.807) is 24.3 Å². The van der Waals surface area contributed by atoms with Gasteiger partial charge in [0.25, 0.3) is 5.91 Å². The van der Waals surface area contributed by atoms with Crippen molar-refractivity contribution in [3.8, 4) is 0 Å². The Morgan fingerprint density at radius 1 is 1.19 bits per heavy atom. The van der Waals surface area contributed by atoms with Crippen LogP contribution in [-0.4, -0.2) is 36.8 Å². The number of carbonyl (C=O) groups excluding carboxylic acids is 2. The number of rotatable bonds is 6. The Labute approximate surface area is 162 Å². The summed E-state index contributed by atoms with van der Waals surface area (Å²) in [5.41, 5.74) is 0.638. The number of nitrogens with zero attached hydrogens (tertiary/aromatic N) is 1. The van der Waals surface area contributed by atoms with E-state index in [0.717, 1.165) is 5.56 Å². The lowest BCUT2D eigenvalue weighted by Gasteiger charge is -2.23. The molecule has 6 nitrogen and oxygen atoms in total. The Balaban J connectivity index is 1.66. The third-order valence-corrected chi connectivity index (χ3v) is 4.63. The van der Waals surface area contributed by atoms with Gasteiger partial charge in [-0.1, -0.05) is 59.2 Å². The average Bonchev–Trinajstić information content (AvgIpc) is 3.10. The van der Waals surface area contributed by atoms with Crippen LogP contribution < -0.4 is 5.32 Å². The third-order valence-electron chi connectivity index (χ3n) is 4.30. The predicted octanol–water partition coefficient (Wildman–Crippen LogP) is 3.00. The van der Waals surface area contributed by atoms with Crippen LogP contribution in [0.5, 0.6) is 0 Å². The standard InChI is InChI=1S/C20H19ClN2O4/c1-26-19(25)20(11-14-7-3-2-4-8-14)12-15(23-27-20)13-22-18(24)16-9-5-6-10-17(16)21/h2-10H,11-13H2,1H3,(H,22,24). The van der Waals surface area contributed by atoms with Crippen molar-refractivity contribution in [2.75, 3.05) is 13.7 Å². The zero-order valence-electron chi connectivity index (χ0n) is 14.8. The number of amides is 1. The zero-order chi connectivity index (χ0) is 19.3. The molecule has 0 saturated heterocycles. The second kappa shape index (κ2) is 8.22.